The summed E-state index contributed by atoms with van der Waals surface area (Å²) < 4.78 is 15.8. The number of benzene rings is 2. The van der Waals surface area contributed by atoms with Crippen molar-refractivity contribution in [3.05, 3.63) is 60.4 Å². The number of ether oxygens (including phenoxy) is 3. The van der Waals surface area contributed by atoms with Crippen molar-refractivity contribution in [3.63, 3.8) is 0 Å². The zero-order valence-electron chi connectivity index (χ0n) is 14.8. The van der Waals surface area contributed by atoms with Gasteiger partial charge in [0.15, 0.2) is 17.3 Å². The number of rotatable bonds is 6. The summed E-state index contributed by atoms with van der Waals surface area (Å²) in [6, 6.07) is 14.0. The molecule has 0 fully saturated rings. The molecule has 3 aromatic rings. The van der Waals surface area contributed by atoms with E-state index in [1.165, 1.54) is 13.4 Å². The fourth-order valence-corrected chi connectivity index (χ4v) is 2.38. The highest BCUT2D eigenvalue weighted by atomic mass is 16.5. The second kappa shape index (κ2) is 8.05. The predicted molar refractivity (Wildman–Crippen MR) is 101 cm³/mol. The van der Waals surface area contributed by atoms with Crippen LogP contribution in [0.15, 0.2) is 54.9 Å². The lowest BCUT2D eigenvalue weighted by Crippen LogP contribution is -2.08. The van der Waals surface area contributed by atoms with E-state index in [9.17, 15) is 4.79 Å². The van der Waals surface area contributed by atoms with E-state index in [-0.39, 0.29) is 11.6 Å². The molecule has 0 aliphatic heterocycles. The van der Waals surface area contributed by atoms with E-state index in [1.807, 2.05) is 6.07 Å². The molecule has 27 heavy (non-hydrogen) atoms. The Labute approximate surface area is 155 Å². The number of esters is 1. The van der Waals surface area contributed by atoms with Gasteiger partial charge in [0, 0.05) is 0 Å². The lowest BCUT2D eigenvalue weighted by molar-refractivity contribution is 0.0602. The van der Waals surface area contributed by atoms with Gasteiger partial charge in [0.25, 0.3) is 0 Å². The van der Waals surface area contributed by atoms with Gasteiger partial charge in [-0.15, -0.1) is 0 Å². The molecule has 8 heteroatoms. The highest BCUT2D eigenvalue weighted by molar-refractivity contribution is 5.96. The van der Waals surface area contributed by atoms with Crippen molar-refractivity contribution in [2.24, 2.45) is 0 Å². The number of hydrogen-bond acceptors (Lipinski definition) is 8. The fourth-order valence-electron chi connectivity index (χ4n) is 2.38. The maximum atomic E-state index is 11.9. The third kappa shape index (κ3) is 3.90. The van der Waals surface area contributed by atoms with Crippen molar-refractivity contribution >= 4 is 23.2 Å². The van der Waals surface area contributed by atoms with Gasteiger partial charge in [-0.3, -0.25) is 0 Å². The fraction of sp³-hybridized carbons (Fsp3) is 0.105. The molecule has 0 unspecified atom stereocenters. The molecule has 2 aromatic carbocycles. The number of nitrogen functional groups attached to an aromatic ring is 1. The number of aromatic nitrogens is 2. The molecule has 1 aromatic heterocycles. The Morgan fingerprint density at radius 1 is 1.00 bits per heavy atom. The van der Waals surface area contributed by atoms with Crippen molar-refractivity contribution in [1.82, 2.24) is 9.97 Å². The zero-order chi connectivity index (χ0) is 19.2. The molecule has 8 nitrogen and oxygen atoms in total. The van der Waals surface area contributed by atoms with Crippen LogP contribution in [0.2, 0.25) is 0 Å². The predicted octanol–water partition coefficient (Wildman–Crippen LogP) is 3.39. The lowest BCUT2D eigenvalue weighted by Gasteiger charge is -2.14. The number of nitrogens with one attached hydrogen (secondary N) is 1. The Hall–Kier alpha value is -3.81. The minimum Gasteiger partial charge on any atom is -0.493 e. The summed E-state index contributed by atoms with van der Waals surface area (Å²) in [6.45, 7) is 0. The van der Waals surface area contributed by atoms with E-state index >= 15 is 0 Å². The molecule has 0 aliphatic rings. The number of hydrogen-bond donors (Lipinski definition) is 2. The molecule has 0 saturated carbocycles. The topological polar surface area (TPSA) is 109 Å². The Morgan fingerprint density at radius 2 is 1.70 bits per heavy atom. The first-order valence-electron chi connectivity index (χ1n) is 7.99. The molecular weight excluding hydrogens is 348 g/mol. The third-order valence-electron chi connectivity index (χ3n) is 3.71. The summed E-state index contributed by atoms with van der Waals surface area (Å²) in [5, 5.41) is 3.02. The second-order valence-corrected chi connectivity index (χ2v) is 5.36. The molecule has 0 aliphatic carbocycles. The number of nitrogens with two attached hydrogens (primary N) is 1. The summed E-state index contributed by atoms with van der Waals surface area (Å²) in [6.07, 6.45) is 1.31. The highest BCUT2D eigenvalue weighted by Crippen LogP contribution is 2.35. The largest absolute Gasteiger partial charge is 0.493 e. The van der Waals surface area contributed by atoms with Gasteiger partial charge in [-0.05, 0) is 24.3 Å². The van der Waals surface area contributed by atoms with Crippen LogP contribution in [0.5, 0.6) is 17.4 Å². The SMILES string of the molecule is COC(=O)c1ccccc1Nc1ncnc(Oc2ccccc2OC)c1N. The van der Waals surface area contributed by atoms with Crippen molar-refractivity contribution in [3.8, 4) is 17.4 Å². The van der Waals surface area contributed by atoms with Gasteiger partial charge in [-0.25, -0.2) is 9.78 Å². The smallest absolute Gasteiger partial charge is 0.339 e. The average molecular weight is 366 g/mol. The van der Waals surface area contributed by atoms with Gasteiger partial charge in [0.05, 0.1) is 25.5 Å². The van der Waals surface area contributed by atoms with Gasteiger partial charge in [-0.1, -0.05) is 24.3 Å². The summed E-state index contributed by atoms with van der Waals surface area (Å²) in [7, 11) is 2.86. The molecule has 0 bridgehead atoms. The highest BCUT2D eigenvalue weighted by Gasteiger charge is 2.16. The van der Waals surface area contributed by atoms with Crippen molar-refractivity contribution in [2.75, 3.05) is 25.3 Å². The van der Waals surface area contributed by atoms with Crippen LogP contribution in [0.3, 0.4) is 0 Å². The standard InChI is InChI=1S/C19H18N4O4/c1-25-14-9-5-6-10-15(14)27-18-16(20)17(21-11-22-18)23-13-8-4-3-7-12(13)19(24)26-2/h3-11H,20H2,1-2H3,(H,21,22,23). The number of nitrogens with zero attached hydrogens (tertiary/aromatic N) is 2. The van der Waals surface area contributed by atoms with Crippen molar-refractivity contribution in [2.45, 2.75) is 0 Å². The van der Waals surface area contributed by atoms with Crippen LogP contribution in [0, 0.1) is 0 Å². The van der Waals surface area contributed by atoms with Crippen molar-refractivity contribution in [1.29, 1.82) is 0 Å². The molecule has 0 spiro atoms. The molecule has 138 valence electrons. The summed E-state index contributed by atoms with van der Waals surface area (Å²) >= 11 is 0. The first kappa shape index (κ1) is 18.0. The first-order valence-corrected chi connectivity index (χ1v) is 7.99. The number of para-hydroxylation sites is 3. The minimum atomic E-state index is -0.476. The molecule has 0 atom stereocenters. The summed E-state index contributed by atoms with van der Waals surface area (Å²) in [4.78, 5) is 20.1. The van der Waals surface area contributed by atoms with Gasteiger partial charge in [-0.2, -0.15) is 4.98 Å². The second-order valence-electron chi connectivity index (χ2n) is 5.36. The number of anilines is 3. The van der Waals surface area contributed by atoms with E-state index in [1.54, 1.807) is 49.6 Å². The summed E-state index contributed by atoms with van der Waals surface area (Å²) in [5.74, 6) is 0.988. The Morgan fingerprint density at radius 3 is 2.44 bits per heavy atom. The van der Waals surface area contributed by atoms with Crippen LogP contribution in [0.4, 0.5) is 17.2 Å². The van der Waals surface area contributed by atoms with Crippen LogP contribution >= 0.6 is 0 Å². The normalized spacial score (nSPS) is 10.1. The molecule has 1 heterocycles. The minimum absolute atomic E-state index is 0.160. The van der Waals surface area contributed by atoms with E-state index in [2.05, 4.69) is 15.3 Å². The lowest BCUT2D eigenvalue weighted by atomic mass is 10.2. The molecule has 3 N–H and O–H groups in total. The Balaban J connectivity index is 1.91. The quantitative estimate of drug-likeness (QED) is 0.639. The Bertz CT molecular complexity index is 962. The third-order valence-corrected chi connectivity index (χ3v) is 3.71. The van der Waals surface area contributed by atoms with Gasteiger partial charge in [0.2, 0.25) is 5.88 Å². The first-order chi connectivity index (χ1) is 13.1. The van der Waals surface area contributed by atoms with Crippen LogP contribution in [0.1, 0.15) is 10.4 Å². The molecule has 0 saturated heterocycles. The van der Waals surface area contributed by atoms with Crippen LogP contribution in [-0.2, 0) is 4.74 Å². The van der Waals surface area contributed by atoms with E-state index in [4.69, 9.17) is 19.9 Å². The molecule has 0 amide bonds. The number of carbonyl (C=O) groups excluding carboxylic acids is 1. The summed E-state index contributed by atoms with van der Waals surface area (Å²) in [5.41, 5.74) is 7.19. The zero-order valence-corrected chi connectivity index (χ0v) is 14.8. The monoisotopic (exact) mass is 366 g/mol. The molecular formula is C19H18N4O4. The van der Waals surface area contributed by atoms with E-state index < -0.39 is 5.97 Å². The number of methoxy groups -OCH3 is 2. The maximum absolute atomic E-state index is 11.9. The maximum Gasteiger partial charge on any atom is 0.339 e. The van der Waals surface area contributed by atoms with Crippen molar-refractivity contribution < 1.29 is 19.0 Å². The van der Waals surface area contributed by atoms with Gasteiger partial charge in [0.1, 0.15) is 12.0 Å². The van der Waals surface area contributed by atoms with E-state index in [0.29, 0.717) is 28.6 Å². The van der Waals surface area contributed by atoms with Gasteiger partial charge >= 0.3 is 5.97 Å². The van der Waals surface area contributed by atoms with Crippen LogP contribution in [-0.4, -0.2) is 30.2 Å². The van der Waals surface area contributed by atoms with E-state index in [0.717, 1.165) is 0 Å². The van der Waals surface area contributed by atoms with Crippen LogP contribution < -0.4 is 20.5 Å². The molecule has 3 rings (SSSR count). The number of carbonyl (C=O) groups is 1. The average Bonchev–Trinajstić information content (AvgIpc) is 2.71. The van der Waals surface area contributed by atoms with Gasteiger partial charge < -0.3 is 25.3 Å². The Kier molecular flexibility index (Phi) is 5.36. The molecule has 0 radical (unpaired) electrons. The van der Waals surface area contributed by atoms with Crippen LogP contribution in [0.25, 0.3) is 0 Å².